The first kappa shape index (κ1) is 12.6. The molecule has 1 rings (SSSR count). The van der Waals surface area contributed by atoms with Gasteiger partial charge in [-0.2, -0.15) is 0 Å². The van der Waals surface area contributed by atoms with Gasteiger partial charge in [0.05, 0.1) is 0 Å². The van der Waals surface area contributed by atoms with Crippen molar-refractivity contribution in [2.24, 2.45) is 0 Å². The summed E-state index contributed by atoms with van der Waals surface area (Å²) in [5.74, 6) is 0.257. The van der Waals surface area contributed by atoms with Gasteiger partial charge in [-0.1, -0.05) is 0 Å². The van der Waals surface area contributed by atoms with E-state index in [0.29, 0.717) is 5.69 Å². The fraction of sp³-hybridized carbons (Fsp3) is 0. The number of anilines is 1. The SMILES string of the molecule is Nc1ccc(OS(=O)[O-])cc1.[K+]. The van der Waals surface area contributed by atoms with E-state index in [0.717, 1.165) is 0 Å². The van der Waals surface area contributed by atoms with Gasteiger partial charge in [0.25, 0.3) is 0 Å². The first-order valence-electron chi connectivity index (χ1n) is 2.81. The zero-order valence-electron chi connectivity index (χ0n) is 6.52. The van der Waals surface area contributed by atoms with Crippen molar-refractivity contribution in [2.75, 3.05) is 5.73 Å². The van der Waals surface area contributed by atoms with Gasteiger partial charge < -0.3 is 14.5 Å². The van der Waals surface area contributed by atoms with Gasteiger partial charge >= 0.3 is 51.4 Å². The fourth-order valence-corrected chi connectivity index (χ4v) is 0.870. The van der Waals surface area contributed by atoms with Crippen LogP contribution in [-0.4, -0.2) is 8.76 Å². The minimum Gasteiger partial charge on any atom is -0.740 e. The van der Waals surface area contributed by atoms with E-state index in [9.17, 15) is 8.76 Å². The molecule has 0 aromatic heterocycles. The maximum Gasteiger partial charge on any atom is 1.00 e. The molecule has 0 spiro atoms. The molecular formula is C6H6KNO3S. The molecule has 6 heteroatoms. The average molecular weight is 211 g/mol. The molecule has 1 atom stereocenters. The van der Waals surface area contributed by atoms with Gasteiger partial charge in [0.1, 0.15) is 17.1 Å². The number of hydrogen-bond donors (Lipinski definition) is 1. The van der Waals surface area contributed by atoms with E-state index in [4.69, 9.17) is 5.73 Å². The van der Waals surface area contributed by atoms with Crippen LogP contribution in [0.15, 0.2) is 24.3 Å². The Morgan fingerprint density at radius 3 is 2.25 bits per heavy atom. The molecule has 1 aromatic rings. The van der Waals surface area contributed by atoms with Crippen molar-refractivity contribution < 1.29 is 64.3 Å². The van der Waals surface area contributed by atoms with E-state index in [1.807, 2.05) is 0 Å². The Balaban J connectivity index is 0.00000121. The Kier molecular flexibility index (Phi) is 6.37. The summed E-state index contributed by atoms with van der Waals surface area (Å²) in [6, 6.07) is 6.07. The molecule has 60 valence electrons. The zero-order valence-corrected chi connectivity index (χ0v) is 10.5. The van der Waals surface area contributed by atoms with Gasteiger partial charge in [0.2, 0.25) is 0 Å². The standard InChI is InChI=1S/C6H7NO3S.K/c7-5-1-3-6(4-2-5)10-11(8)9;/h1-4H,7H2,(H,8,9);/q;+1/p-1. The average Bonchev–Trinajstić information content (AvgIpc) is 1.93. The van der Waals surface area contributed by atoms with Crippen LogP contribution in [0.4, 0.5) is 5.69 Å². The second kappa shape index (κ2) is 6.09. The summed E-state index contributed by atoms with van der Waals surface area (Å²) in [6.45, 7) is 0. The number of benzene rings is 1. The molecule has 1 aromatic carbocycles. The Hall–Kier alpha value is 0.566. The van der Waals surface area contributed by atoms with Crippen LogP contribution in [0.2, 0.25) is 0 Å². The molecule has 0 bridgehead atoms. The van der Waals surface area contributed by atoms with Crippen LogP contribution in [0.5, 0.6) is 5.75 Å². The third-order valence-corrected chi connectivity index (χ3v) is 1.37. The van der Waals surface area contributed by atoms with Gasteiger partial charge in [-0.3, -0.25) is 0 Å². The largest absolute Gasteiger partial charge is 1.00 e. The second-order valence-corrected chi connectivity index (χ2v) is 2.43. The third kappa shape index (κ3) is 4.56. The van der Waals surface area contributed by atoms with Gasteiger partial charge in [0, 0.05) is 5.69 Å². The van der Waals surface area contributed by atoms with Gasteiger partial charge in [-0.15, -0.1) is 0 Å². The summed E-state index contributed by atoms with van der Waals surface area (Å²) in [4.78, 5) is 0. The van der Waals surface area contributed by atoms with E-state index >= 15 is 0 Å². The van der Waals surface area contributed by atoms with Crippen molar-refractivity contribution >= 4 is 17.0 Å². The predicted molar refractivity (Wildman–Crippen MR) is 40.4 cm³/mol. The fourth-order valence-electron chi connectivity index (χ4n) is 0.602. The summed E-state index contributed by atoms with van der Waals surface area (Å²) in [5, 5.41) is 0. The predicted octanol–water partition coefficient (Wildman–Crippen LogP) is -2.55. The third-order valence-electron chi connectivity index (χ3n) is 1.04. The first-order chi connectivity index (χ1) is 5.18. The number of rotatable bonds is 2. The Labute approximate surface area is 115 Å². The number of hydrogen-bond acceptors (Lipinski definition) is 4. The quantitative estimate of drug-likeness (QED) is 0.332. The topological polar surface area (TPSA) is 75.4 Å². The maximum absolute atomic E-state index is 10.0. The molecule has 12 heavy (non-hydrogen) atoms. The van der Waals surface area contributed by atoms with Crippen LogP contribution < -0.4 is 61.3 Å². The summed E-state index contributed by atoms with van der Waals surface area (Å²) in [5.41, 5.74) is 5.91. The monoisotopic (exact) mass is 211 g/mol. The van der Waals surface area contributed by atoms with E-state index < -0.39 is 11.4 Å². The molecule has 0 aliphatic heterocycles. The van der Waals surface area contributed by atoms with Crippen LogP contribution in [0, 0.1) is 0 Å². The molecule has 0 fully saturated rings. The van der Waals surface area contributed by atoms with Crippen molar-refractivity contribution in [1.29, 1.82) is 0 Å². The zero-order chi connectivity index (χ0) is 8.27. The summed E-state index contributed by atoms with van der Waals surface area (Å²) in [7, 11) is 0. The van der Waals surface area contributed by atoms with Crippen LogP contribution in [-0.2, 0) is 11.4 Å². The van der Waals surface area contributed by atoms with Crippen LogP contribution in [0.3, 0.4) is 0 Å². The van der Waals surface area contributed by atoms with E-state index in [2.05, 4.69) is 4.18 Å². The van der Waals surface area contributed by atoms with E-state index in [1.54, 1.807) is 12.1 Å². The van der Waals surface area contributed by atoms with Gasteiger partial charge in [-0.05, 0) is 24.3 Å². The van der Waals surface area contributed by atoms with E-state index in [-0.39, 0.29) is 57.1 Å². The summed E-state index contributed by atoms with van der Waals surface area (Å²) < 4.78 is 24.3. The minimum atomic E-state index is -2.51. The second-order valence-electron chi connectivity index (χ2n) is 1.86. The van der Waals surface area contributed by atoms with Gasteiger partial charge in [0.15, 0.2) is 0 Å². The summed E-state index contributed by atoms with van der Waals surface area (Å²) in [6.07, 6.45) is 0. The van der Waals surface area contributed by atoms with E-state index in [1.165, 1.54) is 12.1 Å². The molecule has 0 aliphatic carbocycles. The molecule has 1 unspecified atom stereocenters. The molecule has 0 amide bonds. The molecule has 0 heterocycles. The first-order valence-corrected chi connectivity index (χ1v) is 3.81. The number of nitrogens with two attached hydrogens (primary N) is 1. The molecule has 0 saturated heterocycles. The van der Waals surface area contributed by atoms with Crippen molar-refractivity contribution in [1.82, 2.24) is 0 Å². The van der Waals surface area contributed by atoms with Crippen LogP contribution in [0.25, 0.3) is 0 Å². The molecular weight excluding hydrogens is 205 g/mol. The Bertz CT molecular complexity index is 264. The molecule has 4 nitrogen and oxygen atoms in total. The Morgan fingerprint density at radius 1 is 1.33 bits per heavy atom. The molecule has 0 saturated carbocycles. The van der Waals surface area contributed by atoms with Gasteiger partial charge in [-0.25, -0.2) is 4.21 Å². The van der Waals surface area contributed by atoms with Crippen molar-refractivity contribution in [2.45, 2.75) is 0 Å². The van der Waals surface area contributed by atoms with Crippen molar-refractivity contribution in [3.63, 3.8) is 0 Å². The van der Waals surface area contributed by atoms with Crippen LogP contribution >= 0.6 is 0 Å². The van der Waals surface area contributed by atoms with Crippen molar-refractivity contribution in [3.05, 3.63) is 24.3 Å². The molecule has 0 radical (unpaired) electrons. The normalized spacial score (nSPS) is 11.4. The molecule has 0 aliphatic rings. The van der Waals surface area contributed by atoms with Crippen molar-refractivity contribution in [3.8, 4) is 5.75 Å². The maximum atomic E-state index is 10.0. The van der Waals surface area contributed by atoms with Crippen LogP contribution in [0.1, 0.15) is 0 Å². The summed E-state index contributed by atoms with van der Waals surface area (Å²) >= 11 is -2.51. The molecule has 2 N–H and O–H groups in total. The smallest absolute Gasteiger partial charge is 0.740 e. The minimum absolute atomic E-state index is 0. The number of nitrogen functional groups attached to an aromatic ring is 1. The Morgan fingerprint density at radius 2 is 1.83 bits per heavy atom.